The Bertz CT molecular complexity index is 216. The van der Waals surface area contributed by atoms with Crippen LogP contribution in [0, 0.1) is 5.92 Å². The zero-order chi connectivity index (χ0) is 10.0. The van der Waals surface area contributed by atoms with Gasteiger partial charge in [0, 0.05) is 18.9 Å². The summed E-state index contributed by atoms with van der Waals surface area (Å²) in [6.07, 6.45) is 7.58. The van der Waals surface area contributed by atoms with Crippen molar-refractivity contribution in [3.05, 3.63) is 0 Å². The number of Topliss-reactive ketones (excluding diaryl/α,β-unsaturated/α-hetero) is 1. The molecule has 0 aromatic carbocycles. The molecule has 0 N–H and O–H groups in total. The lowest BCUT2D eigenvalue weighted by molar-refractivity contribution is -0.136. The number of ether oxygens (including phenoxy) is 1. The lowest BCUT2D eigenvalue weighted by Crippen LogP contribution is -2.39. The van der Waals surface area contributed by atoms with Gasteiger partial charge in [0.2, 0.25) is 0 Å². The monoisotopic (exact) mass is 196 g/mol. The second kappa shape index (κ2) is 4.01. The zero-order valence-corrected chi connectivity index (χ0v) is 9.05. The maximum atomic E-state index is 11.7. The first-order chi connectivity index (χ1) is 6.76. The zero-order valence-electron chi connectivity index (χ0n) is 9.05. The Morgan fingerprint density at radius 2 is 2.14 bits per heavy atom. The second-order valence-corrected chi connectivity index (χ2v) is 4.75. The Labute approximate surface area is 86.0 Å². The number of ketones is 1. The Morgan fingerprint density at radius 3 is 2.79 bits per heavy atom. The highest BCUT2D eigenvalue weighted by molar-refractivity contribution is 5.80. The van der Waals surface area contributed by atoms with Gasteiger partial charge >= 0.3 is 0 Å². The molecule has 1 atom stereocenters. The minimum atomic E-state index is 0.105. The van der Waals surface area contributed by atoms with Crippen molar-refractivity contribution in [3.63, 3.8) is 0 Å². The lowest BCUT2D eigenvalue weighted by atomic mass is 9.82. The van der Waals surface area contributed by atoms with Crippen molar-refractivity contribution in [2.24, 2.45) is 5.92 Å². The number of hydrogen-bond donors (Lipinski definition) is 0. The topological polar surface area (TPSA) is 26.3 Å². The van der Waals surface area contributed by atoms with Crippen LogP contribution in [0.3, 0.4) is 0 Å². The third kappa shape index (κ3) is 1.85. The molecule has 14 heavy (non-hydrogen) atoms. The van der Waals surface area contributed by atoms with Crippen molar-refractivity contribution in [2.45, 2.75) is 57.5 Å². The minimum Gasteiger partial charge on any atom is -0.375 e. The molecule has 2 fully saturated rings. The van der Waals surface area contributed by atoms with Crippen LogP contribution in [0.4, 0.5) is 0 Å². The molecule has 0 aromatic heterocycles. The van der Waals surface area contributed by atoms with Crippen LogP contribution in [0.25, 0.3) is 0 Å². The standard InChI is InChI=1S/C12H20O2/c1-2-11(13)10-5-8-14-12(9-10)6-3-4-7-12/h10H,2-9H2,1H3. The summed E-state index contributed by atoms with van der Waals surface area (Å²) in [5.41, 5.74) is 0.105. The van der Waals surface area contributed by atoms with E-state index in [-0.39, 0.29) is 5.60 Å². The molecule has 1 aliphatic heterocycles. The molecule has 2 nitrogen and oxygen atoms in total. The number of carbonyl (C=O) groups excluding carboxylic acids is 1. The van der Waals surface area contributed by atoms with Crippen LogP contribution in [0.15, 0.2) is 0 Å². The van der Waals surface area contributed by atoms with Gasteiger partial charge in [0.1, 0.15) is 5.78 Å². The summed E-state index contributed by atoms with van der Waals surface area (Å²) in [6.45, 7) is 2.77. The molecule has 1 saturated carbocycles. The largest absolute Gasteiger partial charge is 0.375 e. The van der Waals surface area contributed by atoms with Crippen LogP contribution in [0.1, 0.15) is 51.9 Å². The molecule has 80 valence electrons. The van der Waals surface area contributed by atoms with E-state index in [0.29, 0.717) is 18.1 Å². The van der Waals surface area contributed by atoms with Gasteiger partial charge in [-0.05, 0) is 25.7 Å². The maximum absolute atomic E-state index is 11.7. The van der Waals surface area contributed by atoms with Crippen molar-refractivity contribution in [1.29, 1.82) is 0 Å². The summed E-state index contributed by atoms with van der Waals surface area (Å²) in [7, 11) is 0. The summed E-state index contributed by atoms with van der Waals surface area (Å²) in [5.74, 6) is 0.742. The van der Waals surface area contributed by atoms with Gasteiger partial charge in [0.25, 0.3) is 0 Å². The molecule has 1 saturated heterocycles. The van der Waals surface area contributed by atoms with Crippen molar-refractivity contribution in [1.82, 2.24) is 0 Å². The predicted octanol–water partition coefficient (Wildman–Crippen LogP) is 2.70. The third-order valence-electron chi connectivity index (χ3n) is 3.81. The molecule has 1 heterocycles. The molecule has 1 aliphatic carbocycles. The quantitative estimate of drug-likeness (QED) is 0.678. The molecule has 2 heteroatoms. The molecule has 2 aliphatic rings. The Hall–Kier alpha value is -0.370. The lowest BCUT2D eigenvalue weighted by Gasteiger charge is -2.37. The van der Waals surface area contributed by atoms with Gasteiger partial charge in [-0.1, -0.05) is 19.8 Å². The highest BCUT2D eigenvalue weighted by Crippen LogP contribution is 2.42. The van der Waals surface area contributed by atoms with Gasteiger partial charge in [-0.15, -0.1) is 0 Å². The molecule has 2 rings (SSSR count). The van der Waals surface area contributed by atoms with Gasteiger partial charge in [0.05, 0.1) is 5.60 Å². The predicted molar refractivity (Wildman–Crippen MR) is 55.2 cm³/mol. The molecular weight excluding hydrogens is 176 g/mol. The highest BCUT2D eigenvalue weighted by atomic mass is 16.5. The Balaban J connectivity index is 1.99. The molecule has 0 amide bonds. The normalized spacial score (nSPS) is 30.8. The van der Waals surface area contributed by atoms with Crippen LogP contribution in [-0.4, -0.2) is 18.0 Å². The Morgan fingerprint density at radius 1 is 1.43 bits per heavy atom. The van der Waals surface area contributed by atoms with Gasteiger partial charge in [-0.25, -0.2) is 0 Å². The van der Waals surface area contributed by atoms with Crippen molar-refractivity contribution in [3.8, 4) is 0 Å². The van der Waals surface area contributed by atoms with Gasteiger partial charge in [-0.3, -0.25) is 4.79 Å². The Kier molecular flexibility index (Phi) is 2.91. The average molecular weight is 196 g/mol. The summed E-state index contributed by atoms with van der Waals surface area (Å²) < 4.78 is 5.90. The first-order valence-electron chi connectivity index (χ1n) is 5.92. The van der Waals surface area contributed by atoms with Crippen LogP contribution >= 0.6 is 0 Å². The maximum Gasteiger partial charge on any atom is 0.135 e. The smallest absolute Gasteiger partial charge is 0.135 e. The summed E-state index contributed by atoms with van der Waals surface area (Å²) in [6, 6.07) is 0. The van der Waals surface area contributed by atoms with Crippen LogP contribution in [0.5, 0.6) is 0 Å². The van der Waals surface area contributed by atoms with Gasteiger partial charge in [-0.2, -0.15) is 0 Å². The second-order valence-electron chi connectivity index (χ2n) is 4.75. The highest BCUT2D eigenvalue weighted by Gasteiger charge is 2.41. The van der Waals surface area contributed by atoms with E-state index in [9.17, 15) is 4.79 Å². The van der Waals surface area contributed by atoms with E-state index in [1.807, 2.05) is 6.92 Å². The van der Waals surface area contributed by atoms with E-state index in [4.69, 9.17) is 4.74 Å². The summed E-state index contributed by atoms with van der Waals surface area (Å²) in [5, 5.41) is 0. The molecule has 1 unspecified atom stereocenters. The van der Waals surface area contributed by atoms with E-state index in [0.717, 1.165) is 19.4 Å². The number of rotatable bonds is 2. The van der Waals surface area contributed by atoms with Gasteiger partial charge < -0.3 is 4.74 Å². The summed E-state index contributed by atoms with van der Waals surface area (Å²) >= 11 is 0. The van der Waals surface area contributed by atoms with Crippen LogP contribution in [0.2, 0.25) is 0 Å². The van der Waals surface area contributed by atoms with E-state index < -0.39 is 0 Å². The summed E-state index contributed by atoms with van der Waals surface area (Å²) in [4.78, 5) is 11.7. The molecule has 0 aromatic rings. The number of hydrogen-bond acceptors (Lipinski definition) is 2. The van der Waals surface area contributed by atoms with E-state index in [1.165, 1.54) is 25.7 Å². The van der Waals surface area contributed by atoms with Crippen molar-refractivity contribution >= 4 is 5.78 Å². The van der Waals surface area contributed by atoms with Crippen molar-refractivity contribution < 1.29 is 9.53 Å². The van der Waals surface area contributed by atoms with E-state index in [1.54, 1.807) is 0 Å². The molecule has 0 bridgehead atoms. The number of carbonyl (C=O) groups is 1. The first-order valence-corrected chi connectivity index (χ1v) is 5.92. The van der Waals surface area contributed by atoms with Crippen LogP contribution < -0.4 is 0 Å². The molecular formula is C12H20O2. The molecule has 1 spiro atoms. The third-order valence-corrected chi connectivity index (χ3v) is 3.81. The fraction of sp³-hybridized carbons (Fsp3) is 0.917. The van der Waals surface area contributed by atoms with Gasteiger partial charge in [0.15, 0.2) is 0 Å². The van der Waals surface area contributed by atoms with Crippen molar-refractivity contribution in [2.75, 3.05) is 6.61 Å². The SMILES string of the molecule is CCC(=O)C1CCOC2(CCCC2)C1. The van der Waals surface area contributed by atoms with E-state index >= 15 is 0 Å². The first kappa shape index (κ1) is 10.2. The van der Waals surface area contributed by atoms with Crippen LogP contribution in [-0.2, 0) is 9.53 Å². The average Bonchev–Trinajstić information content (AvgIpc) is 2.65. The fourth-order valence-corrected chi connectivity index (χ4v) is 2.96. The molecule has 0 radical (unpaired) electrons. The fourth-order valence-electron chi connectivity index (χ4n) is 2.96. The minimum absolute atomic E-state index is 0.105. The van der Waals surface area contributed by atoms with E-state index in [2.05, 4.69) is 0 Å².